The van der Waals surface area contributed by atoms with Gasteiger partial charge in [0.1, 0.15) is 5.03 Å². The number of aromatic nitrogens is 1. The van der Waals surface area contributed by atoms with E-state index in [1.807, 2.05) is 30.3 Å². The van der Waals surface area contributed by atoms with Crippen LogP contribution in [-0.2, 0) is 4.74 Å². The van der Waals surface area contributed by atoms with Crippen molar-refractivity contribution in [3.63, 3.8) is 0 Å². The highest BCUT2D eigenvalue weighted by atomic mass is 32.2. The third kappa shape index (κ3) is 2.90. The standard InChI is InChI=1S/C14H14N2OS/c1-15-13(17-2)12-9-6-10-16-14(12)18-11-7-4-3-5-8-11/h3-10H,1-2H3. The molecule has 1 aromatic heterocycles. The summed E-state index contributed by atoms with van der Waals surface area (Å²) < 4.78 is 5.26. The topological polar surface area (TPSA) is 34.5 Å². The van der Waals surface area contributed by atoms with E-state index in [9.17, 15) is 0 Å². The Bertz CT molecular complexity index is 541. The highest BCUT2D eigenvalue weighted by Crippen LogP contribution is 2.28. The molecule has 1 heterocycles. The Balaban J connectivity index is 2.34. The predicted molar refractivity (Wildman–Crippen MR) is 74.3 cm³/mol. The first-order chi connectivity index (χ1) is 8.85. The number of nitrogens with zero attached hydrogens (tertiary/aromatic N) is 2. The fourth-order valence-corrected chi connectivity index (χ4v) is 2.45. The van der Waals surface area contributed by atoms with Crippen molar-refractivity contribution in [2.24, 2.45) is 4.99 Å². The lowest BCUT2D eigenvalue weighted by molar-refractivity contribution is 0.403. The van der Waals surface area contributed by atoms with Crippen LogP contribution < -0.4 is 0 Å². The molecule has 0 aliphatic carbocycles. The van der Waals surface area contributed by atoms with Gasteiger partial charge in [-0.1, -0.05) is 30.0 Å². The number of hydrogen-bond donors (Lipinski definition) is 0. The van der Waals surface area contributed by atoms with Gasteiger partial charge in [-0.15, -0.1) is 0 Å². The van der Waals surface area contributed by atoms with E-state index in [1.165, 1.54) is 0 Å². The van der Waals surface area contributed by atoms with Gasteiger partial charge in [0, 0.05) is 18.1 Å². The van der Waals surface area contributed by atoms with Crippen molar-refractivity contribution in [2.75, 3.05) is 14.2 Å². The quantitative estimate of drug-likeness (QED) is 0.626. The molecule has 0 radical (unpaired) electrons. The highest BCUT2D eigenvalue weighted by molar-refractivity contribution is 7.99. The van der Waals surface area contributed by atoms with Gasteiger partial charge >= 0.3 is 0 Å². The smallest absolute Gasteiger partial charge is 0.218 e. The Hall–Kier alpha value is -1.81. The van der Waals surface area contributed by atoms with E-state index in [1.54, 1.807) is 32.1 Å². The van der Waals surface area contributed by atoms with E-state index < -0.39 is 0 Å². The van der Waals surface area contributed by atoms with Gasteiger partial charge in [-0.2, -0.15) is 0 Å². The molecular weight excluding hydrogens is 244 g/mol. The van der Waals surface area contributed by atoms with Crippen LogP contribution >= 0.6 is 11.8 Å². The third-order valence-corrected chi connectivity index (χ3v) is 3.38. The lowest BCUT2D eigenvalue weighted by Crippen LogP contribution is -2.05. The molecule has 4 heteroatoms. The van der Waals surface area contributed by atoms with Crippen molar-refractivity contribution in [1.82, 2.24) is 4.98 Å². The monoisotopic (exact) mass is 258 g/mol. The van der Waals surface area contributed by atoms with Gasteiger partial charge in [-0.3, -0.25) is 4.99 Å². The number of aliphatic imine (C=N–C) groups is 1. The molecule has 0 saturated heterocycles. The zero-order chi connectivity index (χ0) is 12.8. The lowest BCUT2D eigenvalue weighted by Gasteiger charge is -2.08. The summed E-state index contributed by atoms with van der Waals surface area (Å²) in [6.45, 7) is 0. The number of ether oxygens (including phenoxy) is 1. The fourth-order valence-electron chi connectivity index (χ4n) is 1.56. The second-order valence-electron chi connectivity index (χ2n) is 3.50. The molecule has 0 aliphatic heterocycles. The number of pyridine rings is 1. The van der Waals surface area contributed by atoms with Gasteiger partial charge in [0.2, 0.25) is 5.90 Å². The van der Waals surface area contributed by atoms with Gasteiger partial charge in [0.25, 0.3) is 0 Å². The zero-order valence-corrected chi connectivity index (χ0v) is 11.1. The third-order valence-electron chi connectivity index (χ3n) is 2.36. The van der Waals surface area contributed by atoms with Crippen LogP contribution in [0.3, 0.4) is 0 Å². The molecule has 0 fully saturated rings. The van der Waals surface area contributed by atoms with E-state index in [0.29, 0.717) is 5.90 Å². The Morgan fingerprint density at radius 2 is 1.94 bits per heavy atom. The first-order valence-corrected chi connectivity index (χ1v) is 6.36. The van der Waals surface area contributed by atoms with Crippen molar-refractivity contribution in [1.29, 1.82) is 0 Å². The summed E-state index contributed by atoms with van der Waals surface area (Å²) in [7, 11) is 3.33. The normalized spacial score (nSPS) is 11.3. The van der Waals surface area contributed by atoms with Gasteiger partial charge in [0.05, 0.1) is 12.7 Å². The summed E-state index contributed by atoms with van der Waals surface area (Å²) in [5.74, 6) is 0.599. The molecule has 0 unspecified atom stereocenters. The molecule has 0 aliphatic rings. The number of methoxy groups -OCH3 is 1. The maximum absolute atomic E-state index is 5.26. The van der Waals surface area contributed by atoms with Crippen LogP contribution in [0.25, 0.3) is 0 Å². The molecule has 0 spiro atoms. The summed E-state index contributed by atoms with van der Waals surface area (Å²) in [5.41, 5.74) is 0.913. The minimum absolute atomic E-state index is 0.599. The molecule has 18 heavy (non-hydrogen) atoms. The van der Waals surface area contributed by atoms with E-state index in [0.717, 1.165) is 15.5 Å². The van der Waals surface area contributed by atoms with Crippen LogP contribution in [0.1, 0.15) is 5.56 Å². The van der Waals surface area contributed by atoms with Crippen molar-refractivity contribution >= 4 is 17.7 Å². The van der Waals surface area contributed by atoms with Crippen LogP contribution in [0.15, 0.2) is 63.6 Å². The van der Waals surface area contributed by atoms with Gasteiger partial charge in [-0.25, -0.2) is 4.98 Å². The average Bonchev–Trinajstić information content (AvgIpc) is 2.43. The van der Waals surface area contributed by atoms with Crippen LogP contribution in [0, 0.1) is 0 Å². The molecule has 2 aromatic rings. The van der Waals surface area contributed by atoms with Crippen molar-refractivity contribution in [3.05, 3.63) is 54.2 Å². The Morgan fingerprint density at radius 3 is 2.61 bits per heavy atom. The van der Waals surface area contributed by atoms with E-state index in [-0.39, 0.29) is 0 Å². The van der Waals surface area contributed by atoms with Crippen LogP contribution in [0.4, 0.5) is 0 Å². The second-order valence-corrected chi connectivity index (χ2v) is 4.57. The Kier molecular flexibility index (Phi) is 4.36. The maximum Gasteiger partial charge on any atom is 0.218 e. The average molecular weight is 258 g/mol. The fraction of sp³-hybridized carbons (Fsp3) is 0.143. The first-order valence-electron chi connectivity index (χ1n) is 5.54. The second kappa shape index (κ2) is 6.21. The van der Waals surface area contributed by atoms with Crippen molar-refractivity contribution < 1.29 is 4.74 Å². The first kappa shape index (κ1) is 12.6. The summed E-state index contributed by atoms with van der Waals surface area (Å²) in [6.07, 6.45) is 1.78. The highest BCUT2D eigenvalue weighted by Gasteiger charge is 2.11. The largest absolute Gasteiger partial charge is 0.481 e. The predicted octanol–water partition coefficient (Wildman–Crippen LogP) is 3.26. The van der Waals surface area contributed by atoms with Gasteiger partial charge in [-0.05, 0) is 24.3 Å². The Labute approximate surface area is 111 Å². The van der Waals surface area contributed by atoms with Crippen LogP contribution in [0.2, 0.25) is 0 Å². The van der Waals surface area contributed by atoms with Gasteiger partial charge < -0.3 is 4.74 Å². The number of benzene rings is 1. The molecule has 92 valence electrons. The molecule has 3 nitrogen and oxygen atoms in total. The zero-order valence-electron chi connectivity index (χ0n) is 10.3. The molecule has 0 amide bonds. The molecular formula is C14H14N2OS. The molecule has 2 rings (SSSR count). The van der Waals surface area contributed by atoms with E-state index >= 15 is 0 Å². The summed E-state index contributed by atoms with van der Waals surface area (Å²) >= 11 is 1.60. The van der Waals surface area contributed by atoms with E-state index in [2.05, 4.69) is 22.1 Å². The molecule has 0 N–H and O–H groups in total. The Morgan fingerprint density at radius 1 is 1.17 bits per heavy atom. The summed E-state index contributed by atoms with van der Waals surface area (Å²) in [6, 6.07) is 14.0. The molecule has 1 aromatic carbocycles. The summed E-state index contributed by atoms with van der Waals surface area (Å²) in [4.78, 5) is 9.66. The van der Waals surface area contributed by atoms with Crippen molar-refractivity contribution in [3.8, 4) is 0 Å². The maximum atomic E-state index is 5.26. The lowest BCUT2D eigenvalue weighted by atomic mass is 10.3. The van der Waals surface area contributed by atoms with E-state index in [4.69, 9.17) is 4.74 Å². The molecule has 0 bridgehead atoms. The minimum Gasteiger partial charge on any atom is -0.481 e. The van der Waals surface area contributed by atoms with Crippen molar-refractivity contribution in [2.45, 2.75) is 9.92 Å². The van der Waals surface area contributed by atoms with Gasteiger partial charge in [0.15, 0.2) is 0 Å². The number of rotatable bonds is 3. The minimum atomic E-state index is 0.599. The summed E-state index contributed by atoms with van der Waals surface area (Å²) in [5, 5.41) is 0.895. The SMILES string of the molecule is CN=C(OC)c1cccnc1Sc1ccccc1. The number of hydrogen-bond acceptors (Lipinski definition) is 4. The molecule has 0 atom stereocenters. The van der Waals surface area contributed by atoms with Crippen LogP contribution in [0.5, 0.6) is 0 Å². The molecule has 0 saturated carbocycles. The van der Waals surface area contributed by atoms with Crippen LogP contribution in [-0.4, -0.2) is 25.0 Å².